The predicted octanol–water partition coefficient (Wildman–Crippen LogP) is 3.93. The van der Waals surface area contributed by atoms with Crippen LogP contribution in [0.4, 0.5) is 5.69 Å². The molecule has 0 aromatic heterocycles. The maximum atomic E-state index is 6.31. The molecule has 0 radical (unpaired) electrons. The maximum Gasteiger partial charge on any atom is 0.0471 e. The third-order valence-corrected chi connectivity index (χ3v) is 3.11. The summed E-state index contributed by atoms with van der Waals surface area (Å²) in [6, 6.07) is 6.31. The molecule has 2 nitrogen and oxygen atoms in total. The minimum absolute atomic E-state index is 0.281. The van der Waals surface area contributed by atoms with E-state index in [-0.39, 0.29) is 5.41 Å². The fourth-order valence-electron chi connectivity index (χ4n) is 1.98. The second kappa shape index (κ2) is 6.44. The van der Waals surface area contributed by atoms with E-state index in [1.54, 1.807) is 0 Å². The van der Waals surface area contributed by atoms with E-state index < -0.39 is 0 Å². The van der Waals surface area contributed by atoms with E-state index in [0.717, 1.165) is 30.2 Å². The Morgan fingerprint density at radius 2 is 1.94 bits per heavy atom. The van der Waals surface area contributed by atoms with Gasteiger partial charge in [0.25, 0.3) is 0 Å². The molecule has 3 heteroatoms. The van der Waals surface area contributed by atoms with Gasteiger partial charge in [0.1, 0.15) is 0 Å². The van der Waals surface area contributed by atoms with Gasteiger partial charge in [-0.3, -0.25) is 0 Å². The van der Waals surface area contributed by atoms with Gasteiger partial charge in [-0.1, -0.05) is 45.4 Å². The van der Waals surface area contributed by atoms with E-state index in [1.807, 2.05) is 0 Å². The molecule has 0 amide bonds. The molecule has 0 fully saturated rings. The molecule has 1 rings (SSSR count). The molecule has 0 bridgehead atoms. The zero-order valence-electron chi connectivity index (χ0n) is 12.2. The van der Waals surface area contributed by atoms with Crippen LogP contribution in [-0.2, 0) is 6.54 Å². The van der Waals surface area contributed by atoms with Crippen molar-refractivity contribution >= 4 is 17.3 Å². The Hall–Kier alpha value is -0.730. The molecule has 0 saturated heterocycles. The van der Waals surface area contributed by atoms with Gasteiger partial charge in [0.05, 0.1) is 0 Å². The Kier molecular flexibility index (Phi) is 5.48. The van der Waals surface area contributed by atoms with Crippen LogP contribution in [-0.4, -0.2) is 20.1 Å². The van der Waals surface area contributed by atoms with Crippen LogP contribution in [0.15, 0.2) is 18.2 Å². The number of rotatable bonds is 5. The van der Waals surface area contributed by atoms with Crippen molar-refractivity contribution in [3.63, 3.8) is 0 Å². The molecule has 0 atom stereocenters. The average Bonchev–Trinajstić information content (AvgIpc) is 2.25. The maximum absolute atomic E-state index is 6.31. The number of hydrogen-bond acceptors (Lipinski definition) is 2. The highest BCUT2D eigenvalue weighted by Gasteiger charge is 2.14. The molecule has 102 valence electrons. The number of nitrogens with one attached hydrogen (secondary N) is 1. The highest BCUT2D eigenvalue weighted by atomic mass is 35.5. The van der Waals surface area contributed by atoms with E-state index in [1.165, 1.54) is 5.69 Å². The van der Waals surface area contributed by atoms with Gasteiger partial charge in [0.2, 0.25) is 0 Å². The van der Waals surface area contributed by atoms with Crippen molar-refractivity contribution in [2.24, 2.45) is 5.41 Å². The van der Waals surface area contributed by atoms with Gasteiger partial charge in [0.15, 0.2) is 0 Å². The molecular formula is C15H25ClN2. The molecular weight excluding hydrogens is 244 g/mol. The van der Waals surface area contributed by atoms with E-state index in [2.05, 4.69) is 63.2 Å². The first-order chi connectivity index (χ1) is 8.33. The Morgan fingerprint density at radius 3 is 2.44 bits per heavy atom. The summed E-state index contributed by atoms with van der Waals surface area (Å²) in [6.45, 7) is 11.6. The fourth-order valence-corrected chi connectivity index (χ4v) is 2.22. The minimum Gasteiger partial charge on any atom is -0.374 e. The summed E-state index contributed by atoms with van der Waals surface area (Å²) in [5.41, 5.74) is 2.62. The van der Waals surface area contributed by atoms with Crippen LogP contribution in [0.3, 0.4) is 0 Å². The first kappa shape index (κ1) is 15.3. The molecule has 0 aliphatic heterocycles. The van der Waals surface area contributed by atoms with Crippen LogP contribution in [0.2, 0.25) is 5.02 Å². The standard InChI is InChI=1S/C15H25ClN2/c1-6-17-10-12-7-8-13(9-14(12)16)18(5)11-15(2,3)4/h7-9,17H,6,10-11H2,1-5H3. The third-order valence-electron chi connectivity index (χ3n) is 2.75. The van der Waals surface area contributed by atoms with Crippen molar-refractivity contribution in [2.45, 2.75) is 34.2 Å². The largest absolute Gasteiger partial charge is 0.374 e. The molecule has 0 saturated carbocycles. The molecule has 1 aromatic carbocycles. The lowest BCUT2D eigenvalue weighted by Gasteiger charge is -2.28. The first-order valence-corrected chi connectivity index (χ1v) is 6.91. The third kappa shape index (κ3) is 4.87. The molecule has 0 spiro atoms. The average molecular weight is 269 g/mol. The van der Waals surface area contributed by atoms with Crippen LogP contribution in [0.25, 0.3) is 0 Å². The van der Waals surface area contributed by atoms with Crippen LogP contribution >= 0.6 is 11.6 Å². The Balaban J connectivity index is 2.77. The monoisotopic (exact) mass is 268 g/mol. The lowest BCUT2D eigenvalue weighted by Crippen LogP contribution is -2.29. The van der Waals surface area contributed by atoms with E-state index in [4.69, 9.17) is 11.6 Å². The van der Waals surface area contributed by atoms with Gasteiger partial charge in [0, 0.05) is 30.8 Å². The topological polar surface area (TPSA) is 15.3 Å². The fraction of sp³-hybridized carbons (Fsp3) is 0.600. The Morgan fingerprint density at radius 1 is 1.28 bits per heavy atom. The normalized spacial score (nSPS) is 11.7. The highest BCUT2D eigenvalue weighted by Crippen LogP contribution is 2.25. The van der Waals surface area contributed by atoms with Gasteiger partial charge >= 0.3 is 0 Å². The molecule has 0 aliphatic rings. The summed E-state index contributed by atoms with van der Waals surface area (Å²) >= 11 is 6.31. The van der Waals surface area contributed by atoms with E-state index >= 15 is 0 Å². The van der Waals surface area contributed by atoms with Crippen molar-refractivity contribution < 1.29 is 0 Å². The molecule has 0 aliphatic carbocycles. The summed E-state index contributed by atoms with van der Waals surface area (Å²) in [7, 11) is 2.11. The van der Waals surface area contributed by atoms with Gasteiger partial charge in [-0.25, -0.2) is 0 Å². The lowest BCUT2D eigenvalue weighted by molar-refractivity contribution is 0.419. The van der Waals surface area contributed by atoms with E-state index in [0.29, 0.717) is 0 Å². The second-order valence-electron chi connectivity index (χ2n) is 5.97. The van der Waals surface area contributed by atoms with Gasteiger partial charge in [-0.05, 0) is 29.7 Å². The Labute approximate surface area is 116 Å². The van der Waals surface area contributed by atoms with Gasteiger partial charge < -0.3 is 10.2 Å². The van der Waals surface area contributed by atoms with Crippen LogP contribution in [0.5, 0.6) is 0 Å². The van der Waals surface area contributed by atoms with Crippen molar-refractivity contribution in [1.82, 2.24) is 5.32 Å². The lowest BCUT2D eigenvalue weighted by atomic mass is 9.96. The first-order valence-electron chi connectivity index (χ1n) is 6.54. The zero-order chi connectivity index (χ0) is 13.8. The number of halogens is 1. The van der Waals surface area contributed by atoms with Crippen LogP contribution < -0.4 is 10.2 Å². The zero-order valence-corrected chi connectivity index (χ0v) is 12.9. The SMILES string of the molecule is CCNCc1ccc(N(C)CC(C)(C)C)cc1Cl. The molecule has 1 aromatic rings. The molecule has 0 unspecified atom stereocenters. The van der Waals surface area contributed by atoms with Crippen molar-refractivity contribution in [3.05, 3.63) is 28.8 Å². The van der Waals surface area contributed by atoms with Gasteiger partial charge in [-0.2, -0.15) is 0 Å². The number of hydrogen-bond donors (Lipinski definition) is 1. The Bertz CT molecular complexity index is 383. The molecule has 0 heterocycles. The highest BCUT2D eigenvalue weighted by molar-refractivity contribution is 6.31. The summed E-state index contributed by atoms with van der Waals surface area (Å²) in [5, 5.41) is 4.14. The summed E-state index contributed by atoms with van der Waals surface area (Å²) in [4.78, 5) is 2.25. The summed E-state index contributed by atoms with van der Waals surface area (Å²) in [5.74, 6) is 0. The van der Waals surface area contributed by atoms with Gasteiger partial charge in [-0.15, -0.1) is 0 Å². The predicted molar refractivity (Wildman–Crippen MR) is 81.6 cm³/mol. The van der Waals surface area contributed by atoms with Crippen LogP contribution in [0.1, 0.15) is 33.3 Å². The van der Waals surface area contributed by atoms with Crippen molar-refractivity contribution in [1.29, 1.82) is 0 Å². The minimum atomic E-state index is 0.281. The summed E-state index contributed by atoms with van der Waals surface area (Å²) < 4.78 is 0. The number of benzene rings is 1. The van der Waals surface area contributed by atoms with Crippen molar-refractivity contribution in [2.75, 3.05) is 25.0 Å². The second-order valence-corrected chi connectivity index (χ2v) is 6.38. The quantitative estimate of drug-likeness (QED) is 0.870. The smallest absolute Gasteiger partial charge is 0.0471 e. The van der Waals surface area contributed by atoms with Crippen molar-refractivity contribution in [3.8, 4) is 0 Å². The van der Waals surface area contributed by atoms with E-state index in [9.17, 15) is 0 Å². The number of nitrogens with zero attached hydrogens (tertiary/aromatic N) is 1. The number of anilines is 1. The summed E-state index contributed by atoms with van der Waals surface area (Å²) in [6.07, 6.45) is 0. The molecule has 18 heavy (non-hydrogen) atoms. The molecule has 1 N–H and O–H groups in total. The van der Waals surface area contributed by atoms with Crippen LogP contribution in [0, 0.1) is 5.41 Å².